The molecule has 1 unspecified atom stereocenters. The summed E-state index contributed by atoms with van der Waals surface area (Å²) in [5.41, 5.74) is 5.48. The molecular weight excluding hydrogens is 686 g/mol. The van der Waals surface area contributed by atoms with Crippen molar-refractivity contribution >= 4 is 28.7 Å². The third-order valence-corrected chi connectivity index (χ3v) is 9.65. The number of carboxylic acids is 1. The summed E-state index contributed by atoms with van der Waals surface area (Å²) in [5, 5.41) is 41.6. The van der Waals surface area contributed by atoms with Crippen molar-refractivity contribution in [1.82, 2.24) is 20.2 Å². The van der Waals surface area contributed by atoms with Crippen LogP contribution in [0.2, 0.25) is 5.02 Å². The summed E-state index contributed by atoms with van der Waals surface area (Å²) < 4.78 is 18.4. The monoisotopic (exact) mass is 725 g/mol. The normalized spacial score (nSPS) is 15.7. The van der Waals surface area contributed by atoms with Crippen molar-refractivity contribution < 1.29 is 34.0 Å². The Morgan fingerprint density at radius 2 is 1.96 bits per heavy atom. The van der Waals surface area contributed by atoms with Gasteiger partial charge in [-0.25, -0.2) is 4.98 Å². The zero-order valence-corrected chi connectivity index (χ0v) is 29.7. The largest absolute Gasteiger partial charge is 0.488 e. The van der Waals surface area contributed by atoms with E-state index in [1.165, 1.54) is 13.1 Å². The van der Waals surface area contributed by atoms with Crippen LogP contribution in [0.1, 0.15) is 47.1 Å². The van der Waals surface area contributed by atoms with Gasteiger partial charge < -0.3 is 34.1 Å². The Morgan fingerprint density at radius 3 is 2.71 bits per heavy atom. The second-order valence-electron chi connectivity index (χ2n) is 13.2. The number of rotatable bonds is 15. The minimum atomic E-state index is -1.59. The van der Waals surface area contributed by atoms with Crippen molar-refractivity contribution in [1.29, 1.82) is 5.26 Å². The van der Waals surface area contributed by atoms with Gasteiger partial charge in [-0.2, -0.15) is 5.26 Å². The number of oxazole rings is 1. The number of aromatic nitrogens is 2. The van der Waals surface area contributed by atoms with Gasteiger partial charge in [-0.1, -0.05) is 35.9 Å². The lowest BCUT2D eigenvalue weighted by Gasteiger charge is -2.25. The molecule has 270 valence electrons. The lowest BCUT2D eigenvalue weighted by atomic mass is 9.96. The Hall–Kier alpha value is -5.03. The third-order valence-electron chi connectivity index (χ3n) is 9.35. The Bertz CT molecular complexity index is 2120. The van der Waals surface area contributed by atoms with Gasteiger partial charge in [-0.05, 0) is 66.8 Å². The average Bonchev–Trinajstić information content (AvgIpc) is 3.77. The van der Waals surface area contributed by atoms with Gasteiger partial charge in [0.05, 0.1) is 23.3 Å². The lowest BCUT2D eigenvalue weighted by Crippen LogP contribution is -2.52. The van der Waals surface area contributed by atoms with Crippen LogP contribution in [-0.2, 0) is 31.0 Å². The molecule has 12 nitrogen and oxygen atoms in total. The molecule has 0 radical (unpaired) electrons. The molecule has 13 heteroatoms. The average molecular weight is 726 g/mol. The van der Waals surface area contributed by atoms with Crippen LogP contribution in [0.4, 0.5) is 0 Å². The Labute approximate surface area is 306 Å². The SMILES string of the molecule is Cc1c(COc2cc(OCc3cncc(C#N)c3)c(CNC(C)(CO)C(=O)O)cc2Cl)cccc1-c1ccc2oc(CCN3CC[C@@H](O)C3)nc2c1. The van der Waals surface area contributed by atoms with E-state index in [4.69, 9.17) is 30.5 Å². The summed E-state index contributed by atoms with van der Waals surface area (Å²) in [6.45, 7) is 5.45. The maximum atomic E-state index is 11.8. The number of pyridine rings is 1. The first kappa shape index (κ1) is 36.8. The number of aliphatic hydroxyl groups excluding tert-OH is 2. The van der Waals surface area contributed by atoms with Crippen LogP contribution in [-0.4, -0.2) is 74.0 Å². The molecule has 52 heavy (non-hydrogen) atoms. The first-order valence-electron chi connectivity index (χ1n) is 17.0. The van der Waals surface area contributed by atoms with Crippen LogP contribution in [0, 0.1) is 18.3 Å². The fraction of sp³-hybridized carbons (Fsp3) is 0.333. The number of nitrogens with zero attached hydrogens (tertiary/aromatic N) is 4. The van der Waals surface area contributed by atoms with Gasteiger partial charge in [0.25, 0.3) is 0 Å². The van der Waals surface area contributed by atoms with E-state index in [0.717, 1.165) is 52.9 Å². The Balaban J connectivity index is 1.19. The summed E-state index contributed by atoms with van der Waals surface area (Å²) >= 11 is 6.71. The van der Waals surface area contributed by atoms with Gasteiger partial charge in [-0.15, -0.1) is 0 Å². The summed E-state index contributed by atoms with van der Waals surface area (Å²) in [5.74, 6) is 0.202. The number of aliphatic carboxylic acids is 1. The molecule has 4 N–H and O–H groups in total. The highest BCUT2D eigenvalue weighted by molar-refractivity contribution is 6.32. The molecule has 0 aliphatic carbocycles. The second-order valence-corrected chi connectivity index (χ2v) is 13.6. The van der Waals surface area contributed by atoms with E-state index in [2.05, 4.69) is 21.3 Å². The number of fused-ring (bicyclic) bond motifs is 1. The predicted octanol–water partition coefficient (Wildman–Crippen LogP) is 5.42. The summed E-state index contributed by atoms with van der Waals surface area (Å²) in [6, 6.07) is 19.0. The first-order chi connectivity index (χ1) is 25.0. The molecule has 1 saturated heterocycles. The molecule has 2 aromatic heterocycles. The van der Waals surface area contributed by atoms with Crippen LogP contribution in [0.3, 0.4) is 0 Å². The van der Waals surface area contributed by atoms with Crippen molar-refractivity contribution in [3.05, 3.63) is 106 Å². The van der Waals surface area contributed by atoms with E-state index in [1.807, 2.05) is 43.3 Å². The van der Waals surface area contributed by atoms with Crippen molar-refractivity contribution in [2.75, 3.05) is 26.2 Å². The van der Waals surface area contributed by atoms with E-state index in [0.29, 0.717) is 52.1 Å². The van der Waals surface area contributed by atoms with Gasteiger partial charge in [0.2, 0.25) is 0 Å². The summed E-state index contributed by atoms with van der Waals surface area (Å²) in [7, 11) is 0. The number of hydrogen-bond donors (Lipinski definition) is 4. The molecule has 2 atom stereocenters. The van der Waals surface area contributed by atoms with E-state index in [-0.39, 0.29) is 25.9 Å². The fourth-order valence-electron chi connectivity index (χ4n) is 6.06. The quantitative estimate of drug-likeness (QED) is 0.108. The number of carboxylic acid groups (broad SMARTS) is 1. The number of benzene rings is 3. The standard InChI is InChI=1S/C39H40ClN5O7/c1-24-28(4-3-5-31(24)27-6-7-34-33(14-27)44-37(52-34)9-11-45-10-8-30(47)20-45)22-51-36-15-35(50-21-26-12-25(16-41)17-42-18-26)29(13-32(36)40)19-43-39(2,23-46)38(48)49/h3-7,12-15,17-18,30,43,46-47H,8-11,19-23H2,1-2H3,(H,48,49)/t30-,39?/m1/s1. The topological polar surface area (TPSA) is 174 Å². The number of hydrogen-bond acceptors (Lipinski definition) is 11. The molecule has 1 fully saturated rings. The lowest BCUT2D eigenvalue weighted by molar-refractivity contribution is -0.145. The van der Waals surface area contributed by atoms with Crippen molar-refractivity contribution in [2.24, 2.45) is 0 Å². The maximum absolute atomic E-state index is 11.8. The highest BCUT2D eigenvalue weighted by Crippen LogP contribution is 2.35. The number of aliphatic hydroxyl groups is 2. The van der Waals surface area contributed by atoms with Crippen LogP contribution in [0.15, 0.2) is 71.4 Å². The molecule has 0 spiro atoms. The zero-order valence-electron chi connectivity index (χ0n) is 28.9. The molecule has 3 heterocycles. The van der Waals surface area contributed by atoms with E-state index >= 15 is 0 Å². The number of nitriles is 1. The van der Waals surface area contributed by atoms with E-state index in [1.54, 1.807) is 24.4 Å². The van der Waals surface area contributed by atoms with Crippen molar-refractivity contribution in [2.45, 2.75) is 58.1 Å². The molecule has 6 rings (SSSR count). The van der Waals surface area contributed by atoms with Crippen LogP contribution in [0.25, 0.3) is 22.2 Å². The van der Waals surface area contributed by atoms with Gasteiger partial charge >= 0.3 is 5.97 Å². The molecule has 0 bridgehead atoms. The van der Waals surface area contributed by atoms with E-state index in [9.17, 15) is 25.4 Å². The Kier molecular flexibility index (Phi) is 11.4. The van der Waals surface area contributed by atoms with Crippen LogP contribution < -0.4 is 14.8 Å². The smallest absolute Gasteiger partial charge is 0.326 e. The van der Waals surface area contributed by atoms with Gasteiger partial charge in [0, 0.05) is 62.2 Å². The molecule has 0 saturated carbocycles. The predicted molar refractivity (Wildman–Crippen MR) is 194 cm³/mol. The van der Waals surface area contributed by atoms with Gasteiger partial charge in [-0.3, -0.25) is 15.1 Å². The maximum Gasteiger partial charge on any atom is 0.326 e. The Morgan fingerprint density at radius 1 is 1.13 bits per heavy atom. The number of halogens is 1. The molecule has 5 aromatic rings. The first-order valence-corrected chi connectivity index (χ1v) is 17.3. The van der Waals surface area contributed by atoms with Crippen LogP contribution in [0.5, 0.6) is 11.5 Å². The van der Waals surface area contributed by atoms with Gasteiger partial charge in [0.15, 0.2) is 11.5 Å². The van der Waals surface area contributed by atoms with Gasteiger partial charge in [0.1, 0.15) is 41.8 Å². The van der Waals surface area contributed by atoms with Crippen molar-refractivity contribution in [3.63, 3.8) is 0 Å². The summed E-state index contributed by atoms with van der Waals surface area (Å²) in [4.78, 5) is 22.9. The second kappa shape index (κ2) is 16.1. The number of carbonyl (C=O) groups is 1. The molecular formula is C39H40ClN5O7. The highest BCUT2D eigenvalue weighted by Gasteiger charge is 2.32. The number of likely N-dealkylation sites (tertiary alicyclic amines) is 1. The summed E-state index contributed by atoms with van der Waals surface area (Å²) in [6.07, 6.45) is 4.27. The molecule has 0 amide bonds. The minimum Gasteiger partial charge on any atom is -0.488 e. The minimum absolute atomic E-state index is 0.0241. The van der Waals surface area contributed by atoms with Crippen LogP contribution >= 0.6 is 11.6 Å². The fourth-order valence-corrected chi connectivity index (χ4v) is 6.30. The van der Waals surface area contributed by atoms with Crippen molar-refractivity contribution in [3.8, 4) is 28.7 Å². The molecule has 3 aromatic carbocycles. The number of ether oxygens (including phenoxy) is 2. The highest BCUT2D eigenvalue weighted by atomic mass is 35.5. The number of β-amino-alcohol motifs (C(OH)–C–C–N with tert-alkyl or cyclic N) is 1. The molecule has 1 aliphatic rings. The van der Waals surface area contributed by atoms with E-state index < -0.39 is 18.1 Å². The third kappa shape index (κ3) is 8.53. The zero-order chi connectivity index (χ0) is 36.8. The number of nitrogens with one attached hydrogen (secondary N) is 1. The molecule has 1 aliphatic heterocycles.